The molecule has 6 heteroatoms. The van der Waals surface area contributed by atoms with Crippen molar-refractivity contribution in [2.24, 2.45) is 0 Å². The van der Waals surface area contributed by atoms with Gasteiger partial charge in [0, 0.05) is 18.9 Å². The van der Waals surface area contributed by atoms with E-state index >= 15 is 0 Å². The summed E-state index contributed by atoms with van der Waals surface area (Å²) in [6.07, 6.45) is -1.88. The molecule has 4 aromatic carbocycles. The fourth-order valence-electron chi connectivity index (χ4n) is 4.75. The van der Waals surface area contributed by atoms with E-state index in [2.05, 4.69) is 29.6 Å². The standard InChI is InChI=1S/C32H29NO5/c34-30(31(35)23-14-16-24(17-15-23)37-20-22-8-2-1-3-9-22)18-19-33-32(36)38-21-29-27-12-6-4-10-25(27)26-11-5-7-13-28(26)29/h1-17,29,31,35H,18-21H2,(H,33,36). The smallest absolute Gasteiger partial charge is 0.407 e. The van der Waals surface area contributed by atoms with E-state index in [1.807, 2.05) is 54.6 Å². The van der Waals surface area contributed by atoms with Crippen molar-refractivity contribution in [2.75, 3.05) is 13.2 Å². The first-order valence-corrected chi connectivity index (χ1v) is 12.7. The predicted octanol–water partition coefficient (Wildman–Crippen LogP) is 5.80. The van der Waals surface area contributed by atoms with Gasteiger partial charge >= 0.3 is 6.09 Å². The Morgan fingerprint density at radius 2 is 1.39 bits per heavy atom. The molecule has 192 valence electrons. The number of hydrogen-bond acceptors (Lipinski definition) is 5. The molecule has 0 spiro atoms. The van der Waals surface area contributed by atoms with E-state index in [1.165, 1.54) is 0 Å². The maximum absolute atomic E-state index is 12.5. The van der Waals surface area contributed by atoms with Gasteiger partial charge in [-0.25, -0.2) is 4.79 Å². The summed E-state index contributed by atoms with van der Waals surface area (Å²) < 4.78 is 11.2. The molecule has 38 heavy (non-hydrogen) atoms. The van der Waals surface area contributed by atoms with Crippen molar-refractivity contribution in [3.63, 3.8) is 0 Å². The minimum absolute atomic E-state index is 0.0162. The van der Waals surface area contributed by atoms with Crippen LogP contribution in [0.15, 0.2) is 103 Å². The highest BCUT2D eigenvalue weighted by Gasteiger charge is 2.29. The number of amides is 1. The molecule has 1 aliphatic rings. The van der Waals surface area contributed by atoms with E-state index in [4.69, 9.17) is 9.47 Å². The molecule has 0 saturated carbocycles. The number of ether oxygens (including phenoxy) is 2. The lowest BCUT2D eigenvalue weighted by Crippen LogP contribution is -2.29. The molecule has 1 unspecified atom stereocenters. The second-order valence-electron chi connectivity index (χ2n) is 9.21. The molecule has 0 heterocycles. The zero-order chi connectivity index (χ0) is 26.3. The second-order valence-corrected chi connectivity index (χ2v) is 9.21. The van der Waals surface area contributed by atoms with Crippen LogP contribution in [-0.2, 0) is 16.1 Å². The summed E-state index contributed by atoms with van der Waals surface area (Å²) in [6.45, 7) is 0.711. The van der Waals surface area contributed by atoms with Crippen LogP contribution in [0.25, 0.3) is 11.1 Å². The van der Waals surface area contributed by atoms with Crippen LogP contribution >= 0.6 is 0 Å². The van der Waals surface area contributed by atoms with Crippen molar-refractivity contribution in [2.45, 2.75) is 25.0 Å². The fraction of sp³-hybridized carbons (Fsp3) is 0.188. The summed E-state index contributed by atoms with van der Waals surface area (Å²) in [5, 5.41) is 13.1. The number of alkyl carbamates (subject to hydrolysis) is 1. The SMILES string of the molecule is O=C(NCCC(=O)C(O)c1ccc(OCc2ccccc2)cc1)OCC1c2ccccc2-c2ccccc21. The molecule has 1 amide bonds. The van der Waals surface area contributed by atoms with Gasteiger partial charge in [-0.3, -0.25) is 4.79 Å². The first-order valence-electron chi connectivity index (χ1n) is 12.7. The number of hydrogen-bond donors (Lipinski definition) is 2. The first kappa shape index (κ1) is 25.2. The number of carbonyl (C=O) groups is 2. The first-order chi connectivity index (χ1) is 18.6. The predicted molar refractivity (Wildman–Crippen MR) is 145 cm³/mol. The highest BCUT2D eigenvalue weighted by molar-refractivity contribution is 5.84. The van der Waals surface area contributed by atoms with Crippen LogP contribution in [0.3, 0.4) is 0 Å². The maximum atomic E-state index is 12.5. The van der Waals surface area contributed by atoms with E-state index in [0.717, 1.165) is 27.8 Å². The Labute approximate surface area is 221 Å². The molecule has 0 bridgehead atoms. The van der Waals surface area contributed by atoms with Gasteiger partial charge in [0.05, 0.1) is 0 Å². The molecule has 1 aliphatic carbocycles. The molecular formula is C32H29NO5. The van der Waals surface area contributed by atoms with Crippen molar-refractivity contribution in [3.05, 3.63) is 125 Å². The zero-order valence-corrected chi connectivity index (χ0v) is 20.9. The van der Waals surface area contributed by atoms with Gasteiger partial charge in [0.15, 0.2) is 5.78 Å². The van der Waals surface area contributed by atoms with Crippen molar-refractivity contribution in [1.29, 1.82) is 0 Å². The van der Waals surface area contributed by atoms with Crippen molar-refractivity contribution in [1.82, 2.24) is 5.32 Å². The lowest BCUT2D eigenvalue weighted by molar-refractivity contribution is -0.127. The Morgan fingerprint density at radius 3 is 2.05 bits per heavy atom. The van der Waals surface area contributed by atoms with Crippen molar-refractivity contribution in [3.8, 4) is 16.9 Å². The Bertz CT molecular complexity index is 1360. The summed E-state index contributed by atoms with van der Waals surface area (Å²) in [4.78, 5) is 24.8. The molecule has 1 atom stereocenters. The van der Waals surface area contributed by atoms with Crippen molar-refractivity contribution >= 4 is 11.9 Å². The number of carbonyl (C=O) groups excluding carboxylic acids is 2. The summed E-state index contributed by atoms with van der Waals surface area (Å²) in [5.41, 5.74) is 6.12. The van der Waals surface area contributed by atoms with Gasteiger partial charge in [-0.1, -0.05) is 91.0 Å². The number of rotatable bonds is 10. The van der Waals surface area contributed by atoms with Crippen LogP contribution in [0.5, 0.6) is 5.75 Å². The third kappa shape index (κ3) is 5.76. The largest absolute Gasteiger partial charge is 0.489 e. The summed E-state index contributed by atoms with van der Waals surface area (Å²) in [7, 11) is 0. The van der Waals surface area contributed by atoms with Crippen LogP contribution in [0.1, 0.15) is 40.7 Å². The van der Waals surface area contributed by atoms with Crippen LogP contribution in [-0.4, -0.2) is 30.1 Å². The molecular weight excluding hydrogens is 478 g/mol. The van der Waals surface area contributed by atoms with Gasteiger partial charge in [-0.15, -0.1) is 0 Å². The molecule has 0 saturated heterocycles. The Kier molecular flexibility index (Phi) is 7.81. The van der Waals surface area contributed by atoms with E-state index in [9.17, 15) is 14.7 Å². The number of ketones is 1. The second kappa shape index (κ2) is 11.8. The number of aliphatic hydroxyl groups is 1. The van der Waals surface area contributed by atoms with Gasteiger partial charge in [0.1, 0.15) is 25.1 Å². The number of nitrogens with one attached hydrogen (secondary N) is 1. The van der Waals surface area contributed by atoms with Gasteiger partial charge in [-0.2, -0.15) is 0 Å². The van der Waals surface area contributed by atoms with Gasteiger partial charge in [0.2, 0.25) is 0 Å². The topological polar surface area (TPSA) is 84.9 Å². The zero-order valence-electron chi connectivity index (χ0n) is 20.9. The average Bonchev–Trinajstić information content (AvgIpc) is 3.29. The van der Waals surface area contributed by atoms with Gasteiger partial charge < -0.3 is 19.9 Å². The van der Waals surface area contributed by atoms with E-state index < -0.39 is 12.2 Å². The van der Waals surface area contributed by atoms with Crippen LogP contribution in [0.2, 0.25) is 0 Å². The Hall–Kier alpha value is -4.42. The fourth-order valence-corrected chi connectivity index (χ4v) is 4.75. The minimum atomic E-state index is -1.28. The van der Waals surface area contributed by atoms with Gasteiger partial charge in [0.25, 0.3) is 0 Å². The summed E-state index contributed by atoms with van der Waals surface area (Å²) in [5.74, 6) is 0.229. The highest BCUT2D eigenvalue weighted by Crippen LogP contribution is 2.44. The molecule has 0 aliphatic heterocycles. The average molecular weight is 508 g/mol. The van der Waals surface area contributed by atoms with E-state index in [1.54, 1.807) is 24.3 Å². The highest BCUT2D eigenvalue weighted by atomic mass is 16.5. The lowest BCUT2D eigenvalue weighted by atomic mass is 9.98. The number of Topliss-reactive ketones (excluding diaryl/α,β-unsaturated/α-hetero) is 1. The van der Waals surface area contributed by atoms with Crippen LogP contribution < -0.4 is 10.1 Å². The third-order valence-electron chi connectivity index (χ3n) is 6.73. The van der Waals surface area contributed by atoms with E-state index in [0.29, 0.717) is 17.9 Å². The van der Waals surface area contributed by atoms with Gasteiger partial charge in [-0.05, 0) is 45.5 Å². The molecule has 4 aromatic rings. The third-order valence-corrected chi connectivity index (χ3v) is 6.73. The Balaban J connectivity index is 1.07. The molecule has 6 nitrogen and oxygen atoms in total. The maximum Gasteiger partial charge on any atom is 0.407 e. The molecule has 2 N–H and O–H groups in total. The monoisotopic (exact) mass is 507 g/mol. The minimum Gasteiger partial charge on any atom is -0.489 e. The molecule has 0 aromatic heterocycles. The summed E-state index contributed by atoms with van der Waals surface area (Å²) in [6, 6.07) is 32.9. The van der Waals surface area contributed by atoms with Crippen molar-refractivity contribution < 1.29 is 24.2 Å². The lowest BCUT2D eigenvalue weighted by Gasteiger charge is -2.15. The number of aliphatic hydroxyl groups excluding tert-OH is 1. The van der Waals surface area contributed by atoms with E-state index in [-0.39, 0.29) is 31.3 Å². The van der Waals surface area contributed by atoms with Crippen LogP contribution in [0, 0.1) is 0 Å². The Morgan fingerprint density at radius 1 is 0.789 bits per heavy atom. The summed E-state index contributed by atoms with van der Waals surface area (Å²) >= 11 is 0. The normalized spacial score (nSPS) is 12.8. The van der Waals surface area contributed by atoms with Crippen LogP contribution in [0.4, 0.5) is 4.79 Å². The molecule has 5 rings (SSSR count). The number of fused-ring (bicyclic) bond motifs is 3. The quantitative estimate of drug-likeness (QED) is 0.284. The molecule has 0 radical (unpaired) electrons. The molecule has 0 fully saturated rings. The number of benzene rings is 4.